The van der Waals surface area contributed by atoms with E-state index in [0.29, 0.717) is 10.8 Å². The third-order valence-corrected chi connectivity index (χ3v) is 3.58. The van der Waals surface area contributed by atoms with Gasteiger partial charge in [0, 0.05) is 0 Å². The van der Waals surface area contributed by atoms with E-state index in [0.717, 1.165) is 6.42 Å². The third-order valence-electron chi connectivity index (χ3n) is 2.15. The van der Waals surface area contributed by atoms with Crippen LogP contribution in [0.2, 0.25) is 0 Å². The molecule has 0 fully saturated rings. The second-order valence-electron chi connectivity index (χ2n) is 3.95. The van der Waals surface area contributed by atoms with Crippen LogP contribution in [0.25, 0.3) is 0 Å². The zero-order valence-corrected chi connectivity index (χ0v) is 10.1. The Morgan fingerprint density at radius 2 is 1.73 bits per heavy atom. The van der Waals surface area contributed by atoms with Gasteiger partial charge in [-0.05, 0) is 37.1 Å². The van der Waals surface area contributed by atoms with Crippen molar-refractivity contribution in [1.29, 1.82) is 0 Å². The highest BCUT2D eigenvalue weighted by molar-refractivity contribution is 7.89. The summed E-state index contributed by atoms with van der Waals surface area (Å²) in [4.78, 5) is 0.317. The number of nitrogens with one attached hydrogen (secondary N) is 1. The zero-order valence-electron chi connectivity index (χ0n) is 9.32. The topological polar surface area (TPSA) is 46.2 Å². The molecule has 4 heteroatoms. The van der Waals surface area contributed by atoms with Gasteiger partial charge >= 0.3 is 0 Å². The first-order valence-electron chi connectivity index (χ1n) is 4.98. The van der Waals surface area contributed by atoms with Crippen molar-refractivity contribution in [3.63, 3.8) is 0 Å². The first-order valence-corrected chi connectivity index (χ1v) is 6.46. The molecule has 1 N–H and O–H groups in total. The molecule has 0 saturated heterocycles. The highest BCUT2D eigenvalue weighted by atomic mass is 32.2. The molecule has 1 rings (SSSR count). The molecule has 0 saturated carbocycles. The lowest BCUT2D eigenvalue weighted by Crippen LogP contribution is -2.18. The summed E-state index contributed by atoms with van der Waals surface area (Å²) in [7, 11) is -1.88. The number of rotatable bonds is 4. The van der Waals surface area contributed by atoms with Crippen molar-refractivity contribution in [1.82, 2.24) is 4.72 Å². The normalized spacial score (nSPS) is 12.0. The van der Waals surface area contributed by atoms with Gasteiger partial charge in [0.25, 0.3) is 0 Å². The summed E-state index contributed by atoms with van der Waals surface area (Å²) in [6.45, 7) is 4.27. The zero-order chi connectivity index (χ0) is 11.5. The van der Waals surface area contributed by atoms with Crippen LogP contribution in [-0.4, -0.2) is 15.5 Å². The molecule has 1 aromatic rings. The fourth-order valence-corrected chi connectivity index (χ4v) is 2.12. The van der Waals surface area contributed by atoms with Crippen LogP contribution < -0.4 is 4.72 Å². The average molecular weight is 227 g/mol. The molecule has 1 aromatic carbocycles. The summed E-state index contributed by atoms with van der Waals surface area (Å²) in [5, 5.41) is 0. The quantitative estimate of drug-likeness (QED) is 0.852. The number of sulfonamides is 1. The summed E-state index contributed by atoms with van der Waals surface area (Å²) < 4.78 is 25.1. The molecule has 15 heavy (non-hydrogen) atoms. The minimum atomic E-state index is -3.29. The number of benzene rings is 1. The lowest BCUT2D eigenvalue weighted by molar-refractivity contribution is 0.588. The van der Waals surface area contributed by atoms with Crippen LogP contribution in [-0.2, 0) is 16.4 Å². The van der Waals surface area contributed by atoms with Gasteiger partial charge in [0.2, 0.25) is 10.0 Å². The Kier molecular flexibility index (Phi) is 3.88. The molecule has 3 nitrogen and oxygen atoms in total. The van der Waals surface area contributed by atoms with Crippen molar-refractivity contribution in [2.45, 2.75) is 25.2 Å². The standard InChI is InChI=1S/C11H17NO2S/c1-9(2)8-10-4-6-11(7-5-10)15(13,14)12-3/h4-7,9,12H,8H2,1-3H3. The second-order valence-corrected chi connectivity index (χ2v) is 5.84. The van der Waals surface area contributed by atoms with Crippen LogP contribution in [0, 0.1) is 5.92 Å². The summed E-state index contributed by atoms with van der Waals surface area (Å²) >= 11 is 0. The predicted octanol–water partition coefficient (Wildman–Crippen LogP) is 1.79. The highest BCUT2D eigenvalue weighted by Gasteiger charge is 2.10. The van der Waals surface area contributed by atoms with Gasteiger partial charge in [-0.1, -0.05) is 26.0 Å². The Balaban J connectivity index is 2.91. The Morgan fingerprint density at radius 1 is 1.20 bits per heavy atom. The van der Waals surface area contributed by atoms with E-state index >= 15 is 0 Å². The Morgan fingerprint density at radius 3 is 2.13 bits per heavy atom. The number of hydrogen-bond donors (Lipinski definition) is 1. The van der Waals surface area contributed by atoms with Crippen LogP contribution >= 0.6 is 0 Å². The summed E-state index contributed by atoms with van der Waals surface area (Å²) in [5.41, 5.74) is 1.17. The van der Waals surface area contributed by atoms with Gasteiger partial charge in [0.15, 0.2) is 0 Å². The largest absolute Gasteiger partial charge is 0.240 e. The minimum absolute atomic E-state index is 0.317. The van der Waals surface area contributed by atoms with E-state index in [4.69, 9.17) is 0 Å². The maximum absolute atomic E-state index is 11.4. The van der Waals surface area contributed by atoms with Gasteiger partial charge in [-0.3, -0.25) is 0 Å². The summed E-state index contributed by atoms with van der Waals surface area (Å²) in [6.07, 6.45) is 0.972. The fourth-order valence-electron chi connectivity index (χ4n) is 1.39. The SMILES string of the molecule is CNS(=O)(=O)c1ccc(CC(C)C)cc1. The van der Waals surface area contributed by atoms with E-state index in [1.807, 2.05) is 12.1 Å². The molecule has 0 aliphatic carbocycles. The molecule has 0 radical (unpaired) electrons. The monoisotopic (exact) mass is 227 g/mol. The molecular weight excluding hydrogens is 210 g/mol. The third kappa shape index (κ3) is 3.32. The molecule has 0 heterocycles. The fraction of sp³-hybridized carbons (Fsp3) is 0.455. The maximum Gasteiger partial charge on any atom is 0.240 e. The van der Waals surface area contributed by atoms with Gasteiger partial charge < -0.3 is 0 Å². The van der Waals surface area contributed by atoms with E-state index < -0.39 is 10.0 Å². The molecule has 0 atom stereocenters. The van der Waals surface area contributed by atoms with Crippen LogP contribution in [0.15, 0.2) is 29.2 Å². The Labute approximate surface area is 91.6 Å². The first-order chi connectivity index (χ1) is 6.95. The first kappa shape index (κ1) is 12.2. The summed E-state index contributed by atoms with van der Waals surface area (Å²) in [5.74, 6) is 0.580. The van der Waals surface area contributed by atoms with Crippen LogP contribution in [0.3, 0.4) is 0 Å². The molecular formula is C11H17NO2S. The van der Waals surface area contributed by atoms with Crippen LogP contribution in [0.5, 0.6) is 0 Å². The van der Waals surface area contributed by atoms with E-state index in [1.54, 1.807) is 12.1 Å². The second kappa shape index (κ2) is 4.77. The molecule has 84 valence electrons. The lowest BCUT2D eigenvalue weighted by Gasteiger charge is -2.06. The average Bonchev–Trinajstić information content (AvgIpc) is 2.18. The molecule has 0 aliphatic heterocycles. The van der Waals surface area contributed by atoms with Crippen molar-refractivity contribution >= 4 is 10.0 Å². The number of hydrogen-bond acceptors (Lipinski definition) is 2. The van der Waals surface area contributed by atoms with Crippen LogP contribution in [0.1, 0.15) is 19.4 Å². The predicted molar refractivity (Wildman–Crippen MR) is 61.2 cm³/mol. The lowest BCUT2D eigenvalue weighted by atomic mass is 10.0. The molecule has 0 unspecified atom stereocenters. The maximum atomic E-state index is 11.4. The minimum Gasteiger partial charge on any atom is -0.214 e. The highest BCUT2D eigenvalue weighted by Crippen LogP contribution is 2.12. The molecule has 0 bridgehead atoms. The van der Waals surface area contributed by atoms with Crippen molar-refractivity contribution in [3.05, 3.63) is 29.8 Å². The van der Waals surface area contributed by atoms with E-state index in [1.165, 1.54) is 12.6 Å². The van der Waals surface area contributed by atoms with Gasteiger partial charge in [-0.25, -0.2) is 13.1 Å². The van der Waals surface area contributed by atoms with Crippen LogP contribution in [0.4, 0.5) is 0 Å². The molecule has 0 amide bonds. The van der Waals surface area contributed by atoms with Gasteiger partial charge in [-0.15, -0.1) is 0 Å². The molecule has 0 aliphatic rings. The Bertz CT molecular complexity index is 407. The van der Waals surface area contributed by atoms with Crippen molar-refractivity contribution < 1.29 is 8.42 Å². The van der Waals surface area contributed by atoms with Gasteiger partial charge in [0.1, 0.15) is 0 Å². The van der Waals surface area contributed by atoms with Crippen molar-refractivity contribution in [3.8, 4) is 0 Å². The van der Waals surface area contributed by atoms with Gasteiger partial charge in [-0.2, -0.15) is 0 Å². The molecule has 0 aromatic heterocycles. The summed E-state index contributed by atoms with van der Waals surface area (Å²) in [6, 6.07) is 7.02. The van der Waals surface area contributed by atoms with Gasteiger partial charge in [0.05, 0.1) is 4.90 Å². The van der Waals surface area contributed by atoms with Crippen molar-refractivity contribution in [2.75, 3.05) is 7.05 Å². The smallest absolute Gasteiger partial charge is 0.214 e. The van der Waals surface area contributed by atoms with Crippen molar-refractivity contribution in [2.24, 2.45) is 5.92 Å². The van der Waals surface area contributed by atoms with E-state index in [-0.39, 0.29) is 0 Å². The van der Waals surface area contributed by atoms with E-state index in [2.05, 4.69) is 18.6 Å². The Hall–Kier alpha value is -0.870. The van der Waals surface area contributed by atoms with E-state index in [9.17, 15) is 8.42 Å². The molecule has 0 spiro atoms.